The molecule has 30 heavy (non-hydrogen) atoms. The zero-order chi connectivity index (χ0) is 21.7. The third-order valence-electron chi connectivity index (χ3n) is 3.85. The number of sulfonamides is 1. The molecule has 0 atom stereocenters. The first-order valence-corrected chi connectivity index (χ1v) is 12.6. The lowest BCUT2D eigenvalue weighted by molar-refractivity contribution is 0.102. The number of carbonyl (C=O) groups excluding carboxylic acids is 1. The van der Waals surface area contributed by atoms with Gasteiger partial charge in [-0.2, -0.15) is 0 Å². The van der Waals surface area contributed by atoms with Crippen LogP contribution in [0.2, 0.25) is 5.02 Å². The van der Waals surface area contributed by atoms with Crippen LogP contribution in [0.4, 0.5) is 10.8 Å². The van der Waals surface area contributed by atoms with Gasteiger partial charge in [0.05, 0.1) is 15.5 Å². The lowest BCUT2D eigenvalue weighted by Crippen LogP contribution is -2.15. The molecule has 11 heteroatoms. The standard InChI is InChI=1S/C19H19ClN4O3S3/c1-3-10-28-19-23-22-18(29-19)21-17(25)15-11-13(6-9-16(15)20)24-30(26,27)14-7-4-12(2)5-8-14/h4-9,11,24H,3,10H2,1-2H3,(H,21,22,25). The summed E-state index contributed by atoms with van der Waals surface area (Å²) in [6.07, 6.45) is 1.01. The molecule has 3 rings (SSSR count). The SMILES string of the molecule is CCCSc1nnc(NC(=O)c2cc(NS(=O)(=O)c3ccc(C)cc3)ccc2Cl)s1. The van der Waals surface area contributed by atoms with Crippen molar-refractivity contribution in [3.63, 3.8) is 0 Å². The van der Waals surface area contributed by atoms with Gasteiger partial charge in [0.25, 0.3) is 15.9 Å². The van der Waals surface area contributed by atoms with Crippen molar-refractivity contribution in [3.8, 4) is 0 Å². The maximum absolute atomic E-state index is 12.6. The molecule has 0 fully saturated rings. The van der Waals surface area contributed by atoms with Crippen LogP contribution in [0.5, 0.6) is 0 Å². The maximum atomic E-state index is 12.6. The van der Waals surface area contributed by atoms with Gasteiger partial charge < -0.3 is 0 Å². The minimum atomic E-state index is -3.80. The third-order valence-corrected chi connectivity index (χ3v) is 7.76. The minimum absolute atomic E-state index is 0.124. The molecule has 0 radical (unpaired) electrons. The number of hydrogen-bond donors (Lipinski definition) is 2. The fourth-order valence-corrected chi connectivity index (χ4v) is 5.29. The molecule has 0 spiro atoms. The van der Waals surface area contributed by atoms with Gasteiger partial charge in [-0.25, -0.2) is 8.42 Å². The first kappa shape index (κ1) is 22.5. The van der Waals surface area contributed by atoms with Gasteiger partial charge in [0.15, 0.2) is 4.34 Å². The lowest BCUT2D eigenvalue weighted by Gasteiger charge is -2.11. The first-order chi connectivity index (χ1) is 14.3. The molecule has 158 valence electrons. The average molecular weight is 483 g/mol. The van der Waals surface area contributed by atoms with Crippen LogP contribution in [0.3, 0.4) is 0 Å². The predicted molar refractivity (Wildman–Crippen MR) is 122 cm³/mol. The summed E-state index contributed by atoms with van der Waals surface area (Å²) >= 11 is 9.00. The predicted octanol–water partition coefficient (Wildman–Crippen LogP) is 5.06. The molecule has 0 saturated heterocycles. The van der Waals surface area contributed by atoms with Crippen molar-refractivity contribution in [3.05, 3.63) is 58.6 Å². The second-order valence-corrected chi connectivity index (χ2v) is 10.7. The van der Waals surface area contributed by atoms with E-state index < -0.39 is 15.9 Å². The van der Waals surface area contributed by atoms with E-state index in [1.54, 1.807) is 23.9 Å². The summed E-state index contributed by atoms with van der Waals surface area (Å²) in [4.78, 5) is 12.8. The van der Waals surface area contributed by atoms with E-state index in [-0.39, 0.29) is 21.2 Å². The monoisotopic (exact) mass is 482 g/mol. The molecule has 0 aliphatic rings. The molecule has 0 saturated carbocycles. The smallest absolute Gasteiger partial charge is 0.261 e. The molecular weight excluding hydrogens is 464 g/mol. The van der Waals surface area contributed by atoms with Gasteiger partial charge in [-0.15, -0.1) is 10.2 Å². The number of rotatable bonds is 8. The van der Waals surface area contributed by atoms with Gasteiger partial charge in [0.1, 0.15) is 0 Å². The molecule has 0 aliphatic carbocycles. The maximum Gasteiger partial charge on any atom is 0.261 e. The fourth-order valence-electron chi connectivity index (χ4n) is 2.37. The normalized spacial score (nSPS) is 11.3. The quantitative estimate of drug-likeness (QED) is 0.344. The van der Waals surface area contributed by atoms with Crippen LogP contribution in [0, 0.1) is 6.92 Å². The zero-order valence-electron chi connectivity index (χ0n) is 16.2. The largest absolute Gasteiger partial charge is 0.296 e. The number of anilines is 2. The van der Waals surface area contributed by atoms with E-state index in [1.165, 1.54) is 41.7 Å². The van der Waals surface area contributed by atoms with E-state index in [4.69, 9.17) is 11.6 Å². The number of amides is 1. The number of hydrogen-bond acceptors (Lipinski definition) is 7. The Bertz CT molecular complexity index is 1150. The molecule has 1 heterocycles. The Hall–Kier alpha value is -2.14. The Morgan fingerprint density at radius 2 is 1.90 bits per heavy atom. The number of halogens is 1. The number of nitrogens with zero attached hydrogens (tertiary/aromatic N) is 2. The van der Waals surface area contributed by atoms with Crippen LogP contribution in [0.1, 0.15) is 29.3 Å². The molecule has 2 aromatic carbocycles. The molecule has 3 aromatic rings. The van der Waals surface area contributed by atoms with Crippen LogP contribution >= 0.6 is 34.7 Å². The summed E-state index contributed by atoms with van der Waals surface area (Å²) in [5.74, 6) is 0.414. The Kier molecular flexibility index (Phi) is 7.35. The Morgan fingerprint density at radius 1 is 1.17 bits per heavy atom. The Labute approximate surface area is 188 Å². The van der Waals surface area contributed by atoms with Crippen molar-refractivity contribution in [2.75, 3.05) is 15.8 Å². The Balaban J connectivity index is 1.76. The van der Waals surface area contributed by atoms with Crippen molar-refractivity contribution >= 4 is 61.4 Å². The van der Waals surface area contributed by atoms with Gasteiger partial charge in [0.2, 0.25) is 5.13 Å². The van der Waals surface area contributed by atoms with Crippen LogP contribution in [-0.2, 0) is 10.0 Å². The first-order valence-electron chi connectivity index (χ1n) is 8.95. The number of nitrogens with one attached hydrogen (secondary N) is 2. The number of carbonyl (C=O) groups is 1. The van der Waals surface area contributed by atoms with Crippen molar-refractivity contribution in [2.24, 2.45) is 0 Å². The highest BCUT2D eigenvalue weighted by molar-refractivity contribution is 8.01. The number of benzene rings is 2. The molecule has 7 nitrogen and oxygen atoms in total. The van der Waals surface area contributed by atoms with E-state index in [0.29, 0.717) is 5.13 Å². The van der Waals surface area contributed by atoms with Gasteiger partial charge in [0, 0.05) is 11.4 Å². The second kappa shape index (κ2) is 9.78. The van der Waals surface area contributed by atoms with Crippen molar-refractivity contribution in [1.82, 2.24) is 10.2 Å². The van der Waals surface area contributed by atoms with Crippen molar-refractivity contribution < 1.29 is 13.2 Å². The highest BCUT2D eigenvalue weighted by Gasteiger charge is 2.18. The van der Waals surface area contributed by atoms with E-state index in [0.717, 1.165) is 22.1 Å². The summed E-state index contributed by atoms with van der Waals surface area (Å²) in [7, 11) is -3.80. The summed E-state index contributed by atoms with van der Waals surface area (Å²) < 4.78 is 28.4. The van der Waals surface area contributed by atoms with Gasteiger partial charge in [-0.05, 0) is 43.7 Å². The third kappa shape index (κ3) is 5.72. The van der Waals surface area contributed by atoms with Gasteiger partial charge in [-0.1, -0.05) is 59.3 Å². The molecule has 0 aliphatic heterocycles. The second-order valence-electron chi connectivity index (χ2n) is 6.29. The van der Waals surface area contributed by atoms with E-state index >= 15 is 0 Å². The van der Waals surface area contributed by atoms with E-state index in [2.05, 4.69) is 27.2 Å². The zero-order valence-corrected chi connectivity index (χ0v) is 19.4. The fraction of sp³-hybridized carbons (Fsp3) is 0.211. The van der Waals surface area contributed by atoms with Crippen LogP contribution in [0.15, 0.2) is 51.7 Å². The highest BCUT2D eigenvalue weighted by Crippen LogP contribution is 2.28. The van der Waals surface area contributed by atoms with Crippen LogP contribution in [-0.4, -0.2) is 30.3 Å². The minimum Gasteiger partial charge on any atom is -0.296 e. The van der Waals surface area contributed by atoms with E-state index in [1.807, 2.05) is 6.92 Å². The van der Waals surface area contributed by atoms with E-state index in [9.17, 15) is 13.2 Å². The molecular formula is C19H19ClN4O3S3. The number of aryl methyl sites for hydroxylation is 1. The summed E-state index contributed by atoms with van der Waals surface area (Å²) in [5, 5.41) is 11.2. The average Bonchev–Trinajstić information content (AvgIpc) is 3.15. The van der Waals surface area contributed by atoms with Crippen LogP contribution < -0.4 is 10.0 Å². The molecule has 1 aromatic heterocycles. The van der Waals surface area contributed by atoms with Gasteiger partial charge in [-0.3, -0.25) is 14.8 Å². The topological polar surface area (TPSA) is 101 Å². The molecule has 1 amide bonds. The van der Waals surface area contributed by atoms with Gasteiger partial charge >= 0.3 is 0 Å². The molecule has 0 unspecified atom stereocenters. The molecule has 2 N–H and O–H groups in total. The number of thioether (sulfide) groups is 1. The number of aromatic nitrogens is 2. The highest BCUT2D eigenvalue weighted by atomic mass is 35.5. The van der Waals surface area contributed by atoms with Crippen molar-refractivity contribution in [2.45, 2.75) is 29.5 Å². The summed E-state index contributed by atoms with van der Waals surface area (Å²) in [5.41, 5.74) is 1.30. The summed E-state index contributed by atoms with van der Waals surface area (Å²) in [6.45, 7) is 3.94. The lowest BCUT2D eigenvalue weighted by atomic mass is 10.2. The summed E-state index contributed by atoms with van der Waals surface area (Å²) in [6, 6.07) is 10.8. The molecule has 0 bridgehead atoms. The van der Waals surface area contributed by atoms with Crippen molar-refractivity contribution in [1.29, 1.82) is 0 Å². The van der Waals surface area contributed by atoms with Crippen LogP contribution in [0.25, 0.3) is 0 Å². The Morgan fingerprint density at radius 3 is 2.60 bits per heavy atom.